The highest BCUT2D eigenvalue weighted by Crippen LogP contribution is 2.49. The maximum absolute atomic E-state index is 11.7. The van der Waals surface area contributed by atoms with E-state index in [2.05, 4.69) is 0 Å². The Bertz CT molecular complexity index is 451. The highest BCUT2D eigenvalue weighted by atomic mass is 35.5. The Morgan fingerprint density at radius 2 is 2.09 bits per heavy atom. The fraction of sp³-hybridized carbons (Fsp3) is 0.857. The lowest BCUT2D eigenvalue weighted by Gasteiger charge is -2.47. The molecule has 0 aromatic rings. The summed E-state index contributed by atoms with van der Waals surface area (Å²) in [5, 5.41) is 12.7. The molecule has 2 rings (SSSR count). The van der Waals surface area contributed by atoms with Crippen LogP contribution in [0.5, 0.6) is 0 Å². The highest BCUT2D eigenvalue weighted by Gasteiger charge is 2.61. The smallest absolute Gasteiger partial charge is 0.414 e. The van der Waals surface area contributed by atoms with Crippen molar-refractivity contribution in [3.8, 4) is 0 Å². The van der Waals surface area contributed by atoms with Crippen molar-refractivity contribution >= 4 is 23.6 Å². The molecule has 1 saturated carbocycles. The molecule has 0 aromatic carbocycles. The van der Waals surface area contributed by atoms with E-state index >= 15 is 0 Å². The molecule has 126 valence electrons. The summed E-state index contributed by atoms with van der Waals surface area (Å²) in [5.41, 5.74) is -1.47. The maximum Gasteiger partial charge on any atom is 0.414 e. The molecule has 2 fully saturated rings. The van der Waals surface area contributed by atoms with Gasteiger partial charge in [0.05, 0.1) is 17.8 Å². The third kappa shape index (κ3) is 3.53. The normalized spacial score (nSPS) is 40.9. The lowest BCUT2D eigenvalue weighted by molar-refractivity contribution is -0.171. The van der Waals surface area contributed by atoms with Crippen molar-refractivity contribution in [2.45, 2.75) is 50.1 Å². The Hall–Kier alpha value is -0.890. The molecule has 0 aromatic heterocycles. The average molecular weight is 336 g/mol. The van der Waals surface area contributed by atoms with Crippen molar-refractivity contribution in [1.82, 2.24) is 5.32 Å². The molecule has 22 heavy (non-hydrogen) atoms. The standard InChI is InChI=1S/C14H22ClNO6/c1-13(19)5-4-8(22-12(18)16-9(17)6-15)10(20-3)11(13)14(2)7-21-14/h8,10-11,19H,4-7H2,1-3H3,(H,16,17,18)/t8-,10-,11+,13-,14+/m1/s1. The zero-order valence-electron chi connectivity index (χ0n) is 12.9. The van der Waals surface area contributed by atoms with Crippen molar-refractivity contribution in [2.75, 3.05) is 19.6 Å². The van der Waals surface area contributed by atoms with Gasteiger partial charge in [0.25, 0.3) is 0 Å². The first kappa shape index (κ1) is 17.5. The number of imide groups is 1. The third-order valence-corrected chi connectivity index (χ3v) is 4.69. The van der Waals surface area contributed by atoms with Gasteiger partial charge in [0, 0.05) is 13.0 Å². The van der Waals surface area contributed by atoms with Gasteiger partial charge < -0.3 is 19.3 Å². The van der Waals surface area contributed by atoms with E-state index in [1.54, 1.807) is 6.92 Å². The number of nitrogens with one attached hydrogen (secondary N) is 1. The number of epoxide rings is 1. The number of alkyl halides is 1. The second kappa shape index (κ2) is 6.31. The van der Waals surface area contributed by atoms with Crippen molar-refractivity contribution in [1.29, 1.82) is 0 Å². The van der Waals surface area contributed by atoms with Crippen LogP contribution in [-0.2, 0) is 19.0 Å². The van der Waals surface area contributed by atoms with Gasteiger partial charge in [-0.2, -0.15) is 0 Å². The molecule has 0 radical (unpaired) electrons. The number of hydrogen-bond acceptors (Lipinski definition) is 6. The Labute approximate surface area is 134 Å². The van der Waals surface area contributed by atoms with E-state index in [-0.39, 0.29) is 11.8 Å². The van der Waals surface area contributed by atoms with Gasteiger partial charge in [0.2, 0.25) is 5.91 Å². The van der Waals surface area contributed by atoms with Gasteiger partial charge in [-0.15, -0.1) is 11.6 Å². The van der Waals surface area contributed by atoms with Gasteiger partial charge in [-0.05, 0) is 26.7 Å². The van der Waals surface area contributed by atoms with Gasteiger partial charge in [0.15, 0.2) is 0 Å². The van der Waals surface area contributed by atoms with Crippen molar-refractivity contribution in [3.05, 3.63) is 0 Å². The molecule has 5 atom stereocenters. The molecule has 1 aliphatic heterocycles. The van der Waals surface area contributed by atoms with Crippen LogP contribution in [0.4, 0.5) is 4.79 Å². The summed E-state index contributed by atoms with van der Waals surface area (Å²) in [6, 6.07) is 0. The fourth-order valence-electron chi connectivity index (χ4n) is 3.35. The molecule has 2 aliphatic rings. The lowest BCUT2D eigenvalue weighted by atomic mass is 9.67. The molecule has 2 amide bonds. The zero-order valence-corrected chi connectivity index (χ0v) is 13.7. The number of halogens is 1. The molecule has 0 spiro atoms. The number of alkyl carbamates (subject to hydrolysis) is 1. The van der Waals surface area contributed by atoms with Crippen LogP contribution in [0.2, 0.25) is 0 Å². The number of carbonyl (C=O) groups is 2. The van der Waals surface area contributed by atoms with Crippen LogP contribution in [0.1, 0.15) is 26.7 Å². The van der Waals surface area contributed by atoms with Crippen LogP contribution in [-0.4, -0.2) is 60.1 Å². The van der Waals surface area contributed by atoms with Crippen molar-refractivity contribution < 1.29 is 28.9 Å². The fourth-order valence-corrected chi connectivity index (χ4v) is 3.42. The predicted molar refractivity (Wildman–Crippen MR) is 77.6 cm³/mol. The second-order valence-electron chi connectivity index (χ2n) is 6.30. The summed E-state index contributed by atoms with van der Waals surface area (Å²) in [6.45, 7) is 4.17. The third-order valence-electron chi connectivity index (χ3n) is 4.45. The molecular weight excluding hydrogens is 314 g/mol. The minimum Gasteiger partial charge on any atom is -0.443 e. The van der Waals surface area contributed by atoms with Crippen LogP contribution < -0.4 is 5.32 Å². The van der Waals surface area contributed by atoms with Crippen LogP contribution in [0.25, 0.3) is 0 Å². The average Bonchev–Trinajstić information content (AvgIpc) is 3.18. The minimum atomic E-state index is -0.978. The highest BCUT2D eigenvalue weighted by molar-refractivity contribution is 6.28. The molecule has 0 unspecified atom stereocenters. The van der Waals surface area contributed by atoms with Crippen molar-refractivity contribution in [3.63, 3.8) is 0 Å². The first-order valence-corrected chi connectivity index (χ1v) is 7.72. The first-order valence-electron chi connectivity index (χ1n) is 7.19. The van der Waals surface area contributed by atoms with Gasteiger partial charge in [-0.3, -0.25) is 10.1 Å². The number of hydrogen-bond donors (Lipinski definition) is 2. The Balaban J connectivity index is 2.09. The molecule has 8 heteroatoms. The number of rotatable bonds is 4. The molecule has 1 aliphatic carbocycles. The number of amides is 2. The largest absolute Gasteiger partial charge is 0.443 e. The summed E-state index contributed by atoms with van der Waals surface area (Å²) in [4.78, 5) is 22.8. The summed E-state index contributed by atoms with van der Waals surface area (Å²) < 4.78 is 16.3. The number of carbonyl (C=O) groups excluding carboxylic acids is 2. The van der Waals surface area contributed by atoms with Gasteiger partial charge in [0.1, 0.15) is 18.1 Å². The Morgan fingerprint density at radius 3 is 2.59 bits per heavy atom. The van der Waals surface area contributed by atoms with E-state index in [0.717, 1.165) is 0 Å². The second-order valence-corrected chi connectivity index (χ2v) is 6.57. The Kier molecular flexibility index (Phi) is 5.01. The zero-order chi connectivity index (χ0) is 16.5. The van der Waals surface area contributed by atoms with E-state index in [1.807, 2.05) is 12.2 Å². The van der Waals surface area contributed by atoms with E-state index in [9.17, 15) is 14.7 Å². The summed E-state index contributed by atoms with van der Waals surface area (Å²) in [6.07, 6.45) is -1.08. The molecular formula is C14H22ClNO6. The number of ether oxygens (including phenoxy) is 3. The van der Waals surface area contributed by atoms with Crippen LogP contribution >= 0.6 is 11.6 Å². The van der Waals surface area contributed by atoms with Crippen LogP contribution in [0.3, 0.4) is 0 Å². The maximum atomic E-state index is 11.7. The summed E-state index contributed by atoms with van der Waals surface area (Å²) >= 11 is 5.33. The number of methoxy groups -OCH3 is 1. The quantitative estimate of drug-likeness (QED) is 0.583. The first-order chi connectivity index (χ1) is 10.2. The van der Waals surface area contributed by atoms with Gasteiger partial charge >= 0.3 is 6.09 Å². The molecule has 1 saturated heterocycles. The SMILES string of the molecule is CO[C@@H]1[C@H](OC(=O)NC(=O)CCl)CC[C@@](C)(O)[C@H]1[C@]1(C)CO1. The predicted octanol–water partition coefficient (Wildman–Crippen LogP) is 0.812. The van der Waals surface area contributed by atoms with Gasteiger partial charge in [-0.1, -0.05) is 0 Å². The van der Waals surface area contributed by atoms with E-state index in [4.69, 9.17) is 25.8 Å². The monoisotopic (exact) mass is 335 g/mol. The molecule has 7 nitrogen and oxygen atoms in total. The van der Waals surface area contributed by atoms with Gasteiger partial charge in [-0.25, -0.2) is 4.79 Å². The minimum absolute atomic E-state index is 0.323. The topological polar surface area (TPSA) is 97.4 Å². The summed E-state index contributed by atoms with van der Waals surface area (Å²) in [5.74, 6) is -1.28. The summed E-state index contributed by atoms with van der Waals surface area (Å²) in [7, 11) is 1.50. The van der Waals surface area contributed by atoms with Crippen LogP contribution in [0, 0.1) is 5.92 Å². The van der Waals surface area contributed by atoms with Crippen molar-refractivity contribution in [2.24, 2.45) is 5.92 Å². The Morgan fingerprint density at radius 1 is 1.45 bits per heavy atom. The number of aliphatic hydroxyl groups is 1. The van der Waals surface area contributed by atoms with E-state index in [1.165, 1.54) is 7.11 Å². The molecule has 2 N–H and O–H groups in total. The molecule has 0 bridgehead atoms. The van der Waals surface area contributed by atoms with E-state index < -0.39 is 35.4 Å². The van der Waals surface area contributed by atoms with E-state index in [0.29, 0.717) is 19.4 Å². The molecule has 1 heterocycles. The van der Waals surface area contributed by atoms with Crippen LogP contribution in [0.15, 0.2) is 0 Å². The lowest BCUT2D eigenvalue weighted by Crippen LogP contribution is -2.59.